The van der Waals surface area contributed by atoms with Crippen LogP contribution in [0, 0.1) is 0 Å². The number of pyridine rings is 1. The first kappa shape index (κ1) is 11.0. The zero-order valence-corrected chi connectivity index (χ0v) is 10.7. The van der Waals surface area contributed by atoms with Gasteiger partial charge in [0.15, 0.2) is 0 Å². The van der Waals surface area contributed by atoms with Gasteiger partial charge in [-0.15, -0.1) is 0 Å². The second-order valence-electron chi connectivity index (χ2n) is 4.72. The Labute approximate surface area is 113 Å². The van der Waals surface area contributed by atoms with E-state index in [0.717, 1.165) is 27.8 Å². The van der Waals surface area contributed by atoms with E-state index in [1.165, 1.54) is 0 Å². The first-order chi connectivity index (χ1) is 9.72. The van der Waals surface area contributed by atoms with Crippen molar-refractivity contribution in [2.45, 2.75) is 0 Å². The number of nitrogens with one attached hydrogen (secondary N) is 1. The van der Waals surface area contributed by atoms with Gasteiger partial charge in [0.05, 0.1) is 17.4 Å². The van der Waals surface area contributed by atoms with Crippen molar-refractivity contribution < 1.29 is 0 Å². The highest BCUT2D eigenvalue weighted by molar-refractivity contribution is 5.81. The third-order valence-corrected chi connectivity index (χ3v) is 3.44. The number of aromatic amines is 1. The maximum Gasteiger partial charge on any atom is 0.360 e. The maximum absolute atomic E-state index is 11.4. The molecule has 0 bridgehead atoms. The molecule has 0 spiro atoms. The smallest absolute Gasteiger partial charge is 0.336 e. The van der Waals surface area contributed by atoms with Gasteiger partial charge in [-0.25, -0.2) is 14.9 Å². The first-order valence-electron chi connectivity index (χ1n) is 6.20. The fraction of sp³-hybridized carbons (Fsp3) is 0.0714. The second-order valence-corrected chi connectivity index (χ2v) is 4.72. The number of nitrogens with zero attached hydrogens (tertiary/aromatic N) is 4. The van der Waals surface area contributed by atoms with Crippen LogP contribution in [0.15, 0.2) is 47.7 Å². The molecule has 0 aliphatic heterocycles. The number of fused-ring (bicyclic) bond motifs is 2. The van der Waals surface area contributed by atoms with Gasteiger partial charge < -0.3 is 4.57 Å². The van der Waals surface area contributed by atoms with Crippen molar-refractivity contribution >= 4 is 16.6 Å². The molecule has 0 atom stereocenters. The zero-order valence-electron chi connectivity index (χ0n) is 10.7. The molecule has 0 aromatic carbocycles. The van der Waals surface area contributed by atoms with Crippen LogP contribution < -0.4 is 5.69 Å². The summed E-state index contributed by atoms with van der Waals surface area (Å²) in [4.78, 5) is 19.6. The van der Waals surface area contributed by atoms with Crippen LogP contribution in [0.5, 0.6) is 0 Å². The molecule has 98 valence electrons. The monoisotopic (exact) mass is 265 g/mol. The van der Waals surface area contributed by atoms with E-state index in [1.54, 1.807) is 10.7 Å². The molecule has 4 aromatic heterocycles. The standard InChI is InChI=1S/C14H11N5O/c1-18-5-4-9-6-10(7-15-13(9)18)12-3-2-11-8-16-14(20)17-19(11)12/h2-8H,1H3,(H,17,20). The van der Waals surface area contributed by atoms with Crippen molar-refractivity contribution in [3.05, 3.63) is 53.3 Å². The van der Waals surface area contributed by atoms with E-state index in [1.807, 2.05) is 42.2 Å². The molecule has 0 fully saturated rings. The number of aryl methyl sites for hydroxylation is 1. The summed E-state index contributed by atoms with van der Waals surface area (Å²) in [6, 6.07) is 7.93. The highest BCUT2D eigenvalue weighted by Crippen LogP contribution is 2.24. The van der Waals surface area contributed by atoms with Gasteiger partial charge in [0.2, 0.25) is 0 Å². The van der Waals surface area contributed by atoms with Crippen LogP contribution in [-0.2, 0) is 7.05 Å². The van der Waals surface area contributed by atoms with Gasteiger partial charge in [0.1, 0.15) is 5.65 Å². The Kier molecular flexibility index (Phi) is 2.09. The molecule has 1 N–H and O–H groups in total. The normalized spacial score (nSPS) is 11.4. The van der Waals surface area contributed by atoms with E-state index < -0.39 is 0 Å². The van der Waals surface area contributed by atoms with Gasteiger partial charge in [-0.1, -0.05) is 0 Å². The van der Waals surface area contributed by atoms with E-state index in [2.05, 4.69) is 21.1 Å². The Balaban J connectivity index is 2.00. The average Bonchev–Trinajstić information content (AvgIpc) is 3.02. The Hall–Kier alpha value is -2.89. The number of rotatable bonds is 1. The molecule has 4 heterocycles. The minimum Gasteiger partial charge on any atom is -0.336 e. The molecule has 6 heteroatoms. The number of hydrogen-bond acceptors (Lipinski definition) is 3. The predicted octanol–water partition coefficient (Wildman–Crippen LogP) is 1.58. The molecular formula is C14H11N5O. The molecule has 0 radical (unpaired) electrons. The topological polar surface area (TPSA) is 68.0 Å². The molecule has 0 aliphatic carbocycles. The summed E-state index contributed by atoms with van der Waals surface area (Å²) < 4.78 is 3.70. The maximum atomic E-state index is 11.4. The Bertz CT molecular complexity index is 992. The Morgan fingerprint density at radius 1 is 1.15 bits per heavy atom. The van der Waals surface area contributed by atoms with Crippen LogP contribution in [0.4, 0.5) is 0 Å². The molecule has 4 rings (SSSR count). The van der Waals surface area contributed by atoms with Crippen LogP contribution >= 0.6 is 0 Å². The van der Waals surface area contributed by atoms with Crippen LogP contribution in [-0.4, -0.2) is 24.1 Å². The molecule has 0 aliphatic rings. The van der Waals surface area contributed by atoms with Crippen molar-refractivity contribution in [2.24, 2.45) is 7.05 Å². The van der Waals surface area contributed by atoms with Gasteiger partial charge >= 0.3 is 5.69 Å². The van der Waals surface area contributed by atoms with Gasteiger partial charge in [-0.2, -0.15) is 4.98 Å². The van der Waals surface area contributed by atoms with Crippen molar-refractivity contribution in [2.75, 3.05) is 0 Å². The van der Waals surface area contributed by atoms with E-state index in [9.17, 15) is 4.79 Å². The third-order valence-electron chi connectivity index (χ3n) is 3.44. The van der Waals surface area contributed by atoms with Crippen LogP contribution in [0.25, 0.3) is 27.8 Å². The van der Waals surface area contributed by atoms with Crippen molar-refractivity contribution in [1.29, 1.82) is 0 Å². The van der Waals surface area contributed by atoms with E-state index in [4.69, 9.17) is 0 Å². The van der Waals surface area contributed by atoms with Gasteiger partial charge in [-0.3, -0.25) is 4.52 Å². The largest absolute Gasteiger partial charge is 0.360 e. The molecule has 20 heavy (non-hydrogen) atoms. The molecule has 0 saturated heterocycles. The van der Waals surface area contributed by atoms with Crippen molar-refractivity contribution in [3.63, 3.8) is 0 Å². The van der Waals surface area contributed by atoms with E-state index in [0.29, 0.717) is 0 Å². The number of aromatic nitrogens is 5. The van der Waals surface area contributed by atoms with Crippen molar-refractivity contribution in [3.8, 4) is 11.3 Å². The number of H-pyrrole nitrogens is 1. The summed E-state index contributed by atoms with van der Waals surface area (Å²) in [5.41, 5.74) is 3.24. The minimum atomic E-state index is -0.372. The van der Waals surface area contributed by atoms with Crippen LogP contribution in [0.2, 0.25) is 0 Å². The lowest BCUT2D eigenvalue weighted by atomic mass is 10.2. The fourth-order valence-corrected chi connectivity index (χ4v) is 2.45. The summed E-state index contributed by atoms with van der Waals surface area (Å²) in [5.74, 6) is 0. The summed E-state index contributed by atoms with van der Waals surface area (Å²) in [5, 5.41) is 3.77. The van der Waals surface area contributed by atoms with Gasteiger partial charge in [0, 0.05) is 30.4 Å². The fourth-order valence-electron chi connectivity index (χ4n) is 2.45. The highest BCUT2D eigenvalue weighted by Gasteiger charge is 2.08. The first-order valence-corrected chi connectivity index (χ1v) is 6.20. The molecule has 4 aromatic rings. The predicted molar refractivity (Wildman–Crippen MR) is 75.5 cm³/mol. The Morgan fingerprint density at radius 3 is 2.95 bits per heavy atom. The van der Waals surface area contributed by atoms with Crippen LogP contribution in [0.3, 0.4) is 0 Å². The van der Waals surface area contributed by atoms with E-state index in [-0.39, 0.29) is 5.69 Å². The second kappa shape index (κ2) is 3.80. The van der Waals surface area contributed by atoms with Crippen LogP contribution in [0.1, 0.15) is 0 Å². The summed E-state index contributed by atoms with van der Waals surface area (Å²) in [6.45, 7) is 0. The lowest BCUT2D eigenvalue weighted by Crippen LogP contribution is -2.14. The molecular weight excluding hydrogens is 254 g/mol. The van der Waals surface area contributed by atoms with E-state index >= 15 is 0 Å². The Morgan fingerprint density at radius 2 is 2.05 bits per heavy atom. The molecule has 0 amide bonds. The quantitative estimate of drug-likeness (QED) is 0.568. The average molecular weight is 265 g/mol. The zero-order chi connectivity index (χ0) is 13.7. The van der Waals surface area contributed by atoms with Gasteiger partial charge in [0.25, 0.3) is 0 Å². The summed E-state index contributed by atoms with van der Waals surface area (Å²) in [7, 11) is 1.96. The molecule has 6 nitrogen and oxygen atoms in total. The lowest BCUT2D eigenvalue weighted by molar-refractivity contribution is 0.865. The SMILES string of the molecule is Cn1ccc2cc(-c3ccc4cnc(=O)[nH]n34)cnc21. The molecule has 0 saturated carbocycles. The molecule has 0 unspecified atom stereocenters. The summed E-state index contributed by atoms with van der Waals surface area (Å²) in [6.07, 6.45) is 5.34. The lowest BCUT2D eigenvalue weighted by Gasteiger charge is -2.03. The van der Waals surface area contributed by atoms with Crippen molar-refractivity contribution in [1.82, 2.24) is 24.1 Å². The third kappa shape index (κ3) is 1.48. The highest BCUT2D eigenvalue weighted by atomic mass is 16.1. The summed E-state index contributed by atoms with van der Waals surface area (Å²) >= 11 is 0. The minimum absolute atomic E-state index is 0.372. The van der Waals surface area contributed by atoms with Gasteiger partial charge in [-0.05, 0) is 24.3 Å². The number of hydrogen-bond donors (Lipinski definition) is 1.